The normalized spacial score (nSPS) is 24.3. The zero-order valence-electron chi connectivity index (χ0n) is 18.3. The highest BCUT2D eigenvalue weighted by atomic mass is 127. The summed E-state index contributed by atoms with van der Waals surface area (Å²) in [4.78, 5) is 22.4. The Morgan fingerprint density at radius 1 is 1.13 bits per heavy atom. The summed E-state index contributed by atoms with van der Waals surface area (Å²) < 4.78 is 5.83. The maximum Gasteiger partial charge on any atom is 0.255 e. The molecule has 0 bridgehead atoms. The molecule has 0 spiro atoms. The number of morpholine rings is 1. The lowest BCUT2D eigenvalue weighted by Crippen LogP contribution is -2.51. The molecule has 1 amide bonds. The van der Waals surface area contributed by atoms with Gasteiger partial charge in [0, 0.05) is 35.8 Å². The highest BCUT2D eigenvalue weighted by molar-refractivity contribution is 14.1. The molecule has 1 aromatic heterocycles. The molecule has 2 fully saturated rings. The number of carbonyl (C=O) groups is 1. The van der Waals surface area contributed by atoms with Gasteiger partial charge in [0.2, 0.25) is 0 Å². The summed E-state index contributed by atoms with van der Waals surface area (Å²) in [6.45, 7) is 6.19. The van der Waals surface area contributed by atoms with Crippen molar-refractivity contribution in [2.75, 3.05) is 37.7 Å². The van der Waals surface area contributed by atoms with E-state index in [1.54, 1.807) is 6.20 Å². The smallest absolute Gasteiger partial charge is 0.255 e. The molecule has 0 N–H and O–H groups in total. The van der Waals surface area contributed by atoms with Crippen molar-refractivity contribution in [3.8, 4) is 0 Å². The minimum Gasteiger partial charge on any atom is -0.378 e. The number of carbonyl (C=O) groups excluding carboxylic acids is 1. The van der Waals surface area contributed by atoms with E-state index < -0.39 is 0 Å². The number of hydrogen-bond donors (Lipinski definition) is 0. The lowest BCUT2D eigenvalue weighted by molar-refractivity contribution is 0.0597. The monoisotopic (exact) mass is 533 g/mol. The van der Waals surface area contributed by atoms with Crippen molar-refractivity contribution in [3.05, 3.63) is 59.8 Å². The number of ether oxygens (including phenoxy) is 1. The number of likely N-dealkylation sites (tertiary alicyclic amines) is 1. The molecule has 2 aliphatic rings. The Labute approximate surface area is 199 Å². The largest absolute Gasteiger partial charge is 0.378 e. The molecule has 0 radical (unpaired) electrons. The van der Waals surface area contributed by atoms with E-state index in [9.17, 15) is 4.79 Å². The molecule has 2 aromatic rings. The first kappa shape index (κ1) is 22.5. The van der Waals surface area contributed by atoms with Gasteiger partial charge in [-0.15, -0.1) is 0 Å². The number of hydrogen-bond acceptors (Lipinski definition) is 4. The molecule has 3 atom stereocenters. The number of piperidine rings is 1. The van der Waals surface area contributed by atoms with Gasteiger partial charge >= 0.3 is 0 Å². The number of nitrogens with zero attached hydrogens (tertiary/aromatic N) is 3. The molecule has 4 rings (SSSR count). The van der Waals surface area contributed by atoms with Crippen molar-refractivity contribution in [1.29, 1.82) is 0 Å². The Morgan fingerprint density at radius 3 is 2.58 bits per heavy atom. The van der Waals surface area contributed by atoms with Crippen LogP contribution in [0.5, 0.6) is 0 Å². The van der Waals surface area contributed by atoms with E-state index in [-0.39, 0.29) is 11.9 Å². The number of unbranched alkanes of at least 4 members (excludes halogenated alkanes) is 1. The maximum atomic E-state index is 13.5. The lowest BCUT2D eigenvalue weighted by atomic mass is 9.83. The van der Waals surface area contributed by atoms with Gasteiger partial charge in [-0.25, -0.2) is 4.98 Å². The van der Waals surface area contributed by atoms with Gasteiger partial charge in [-0.1, -0.05) is 72.7 Å². The third-order valence-corrected chi connectivity index (χ3v) is 8.20. The average Bonchev–Trinajstić information content (AvgIpc) is 2.84. The molecular formula is C25H32IN3O2. The van der Waals surface area contributed by atoms with Gasteiger partial charge in [-0.2, -0.15) is 0 Å². The minimum atomic E-state index is 0.121. The summed E-state index contributed by atoms with van der Waals surface area (Å²) in [6, 6.07) is 15.0. The Bertz CT molecular complexity index is 840. The summed E-state index contributed by atoms with van der Waals surface area (Å²) in [5, 5.41) is 0. The zero-order valence-corrected chi connectivity index (χ0v) is 20.4. The van der Waals surface area contributed by atoms with Crippen LogP contribution in [0.3, 0.4) is 0 Å². The van der Waals surface area contributed by atoms with E-state index in [1.165, 1.54) is 5.56 Å². The molecule has 6 heteroatoms. The SMILES string of the molecule is CCCC[C@@H]1[C@H](I)[C@@H](c2ccccc2)CCN1C(=O)c1ccc(N2CCOCC2)nc1. The molecule has 2 saturated heterocycles. The van der Waals surface area contributed by atoms with Crippen LogP contribution in [0.4, 0.5) is 5.82 Å². The van der Waals surface area contributed by atoms with E-state index in [2.05, 4.69) is 74.6 Å². The quantitative estimate of drug-likeness (QED) is 0.391. The number of anilines is 1. The first-order valence-electron chi connectivity index (χ1n) is 11.5. The van der Waals surface area contributed by atoms with Crippen LogP contribution in [0.15, 0.2) is 48.7 Å². The van der Waals surface area contributed by atoms with Crippen LogP contribution in [0.2, 0.25) is 0 Å². The molecule has 0 unspecified atom stereocenters. The van der Waals surface area contributed by atoms with E-state index in [1.807, 2.05) is 12.1 Å². The van der Waals surface area contributed by atoms with Crippen molar-refractivity contribution in [2.24, 2.45) is 0 Å². The van der Waals surface area contributed by atoms with Crippen LogP contribution in [-0.2, 0) is 4.74 Å². The molecule has 0 aliphatic carbocycles. The highest BCUT2D eigenvalue weighted by Crippen LogP contribution is 2.39. The van der Waals surface area contributed by atoms with Crippen LogP contribution in [-0.4, -0.2) is 58.6 Å². The summed E-state index contributed by atoms with van der Waals surface area (Å²) in [6.07, 6.45) is 6.11. The van der Waals surface area contributed by atoms with Crippen LogP contribution in [0.1, 0.15) is 54.4 Å². The van der Waals surface area contributed by atoms with E-state index >= 15 is 0 Å². The number of alkyl halides is 1. The van der Waals surface area contributed by atoms with Crippen molar-refractivity contribution in [1.82, 2.24) is 9.88 Å². The molecule has 166 valence electrons. The summed E-state index contributed by atoms with van der Waals surface area (Å²) >= 11 is 2.60. The van der Waals surface area contributed by atoms with E-state index in [0.717, 1.165) is 64.3 Å². The van der Waals surface area contributed by atoms with Crippen molar-refractivity contribution < 1.29 is 9.53 Å². The van der Waals surface area contributed by atoms with Gasteiger partial charge in [0.15, 0.2) is 0 Å². The molecule has 3 heterocycles. The third-order valence-electron chi connectivity index (χ3n) is 6.51. The molecule has 0 saturated carbocycles. The highest BCUT2D eigenvalue weighted by Gasteiger charge is 2.39. The van der Waals surface area contributed by atoms with E-state index in [4.69, 9.17) is 4.74 Å². The van der Waals surface area contributed by atoms with Crippen molar-refractivity contribution >= 4 is 34.3 Å². The standard InChI is InChI=1S/C25H32IN3O2/c1-2-3-9-22-24(26)21(19-7-5-4-6-8-19)12-13-29(22)25(30)20-10-11-23(27-18-20)28-14-16-31-17-15-28/h4-8,10-11,18,21-22,24H,2-3,9,12-17H2,1H3/t21-,22-,24-/m1/s1. The van der Waals surface area contributed by atoms with Crippen LogP contribution in [0, 0.1) is 0 Å². The Hall–Kier alpha value is -1.67. The second-order valence-electron chi connectivity index (χ2n) is 8.46. The van der Waals surface area contributed by atoms with Crippen LogP contribution < -0.4 is 4.90 Å². The number of aromatic nitrogens is 1. The Morgan fingerprint density at radius 2 is 1.90 bits per heavy atom. The molecular weight excluding hydrogens is 501 g/mol. The fourth-order valence-corrected chi connectivity index (χ4v) is 6.26. The first-order chi connectivity index (χ1) is 15.2. The topological polar surface area (TPSA) is 45.7 Å². The number of amides is 1. The Balaban J connectivity index is 1.50. The van der Waals surface area contributed by atoms with E-state index in [0.29, 0.717) is 15.4 Å². The van der Waals surface area contributed by atoms with Crippen LogP contribution in [0.25, 0.3) is 0 Å². The number of rotatable bonds is 6. The van der Waals surface area contributed by atoms with Crippen LogP contribution >= 0.6 is 22.6 Å². The predicted molar refractivity (Wildman–Crippen MR) is 133 cm³/mol. The molecule has 1 aromatic carbocycles. The zero-order chi connectivity index (χ0) is 21.6. The third kappa shape index (κ3) is 5.22. The predicted octanol–water partition coefficient (Wildman–Crippen LogP) is 4.91. The average molecular weight is 533 g/mol. The van der Waals surface area contributed by atoms with Gasteiger partial charge in [-0.05, 0) is 36.5 Å². The van der Waals surface area contributed by atoms with Crippen molar-refractivity contribution in [3.63, 3.8) is 0 Å². The minimum absolute atomic E-state index is 0.121. The number of halogens is 1. The van der Waals surface area contributed by atoms with Gasteiger partial charge in [0.1, 0.15) is 5.82 Å². The van der Waals surface area contributed by atoms with Gasteiger partial charge in [0.25, 0.3) is 5.91 Å². The van der Waals surface area contributed by atoms with Gasteiger partial charge < -0.3 is 14.5 Å². The second-order valence-corrected chi connectivity index (χ2v) is 9.90. The Kier molecular flexibility index (Phi) is 7.82. The van der Waals surface area contributed by atoms with Gasteiger partial charge in [0.05, 0.1) is 18.8 Å². The van der Waals surface area contributed by atoms with Gasteiger partial charge in [-0.3, -0.25) is 4.79 Å². The number of pyridine rings is 1. The molecule has 5 nitrogen and oxygen atoms in total. The molecule has 31 heavy (non-hydrogen) atoms. The fraction of sp³-hybridized carbons (Fsp3) is 0.520. The lowest BCUT2D eigenvalue weighted by Gasteiger charge is -2.44. The summed E-state index contributed by atoms with van der Waals surface area (Å²) in [5.41, 5.74) is 2.09. The summed E-state index contributed by atoms with van der Waals surface area (Å²) in [7, 11) is 0. The van der Waals surface area contributed by atoms with Crippen molar-refractivity contribution in [2.45, 2.75) is 48.5 Å². The fourth-order valence-electron chi connectivity index (χ4n) is 4.73. The number of benzene rings is 1. The second kappa shape index (κ2) is 10.8. The summed E-state index contributed by atoms with van der Waals surface area (Å²) in [5.74, 6) is 1.54. The molecule has 2 aliphatic heterocycles. The maximum absolute atomic E-state index is 13.5. The first-order valence-corrected chi connectivity index (χ1v) is 12.7.